The van der Waals surface area contributed by atoms with Crippen LogP contribution in [0.15, 0.2) is 54.6 Å². The molecule has 2 rings (SSSR count). The van der Waals surface area contributed by atoms with Crippen molar-refractivity contribution in [3.63, 3.8) is 0 Å². The molecular formula is C20H20O5. The SMILES string of the molecule is CCOc1ccccc1C(=O)C(OCC)C(=O)C(=O)c1ccccc1. The highest BCUT2D eigenvalue weighted by atomic mass is 16.5. The fraction of sp³-hybridized carbons (Fsp3) is 0.250. The van der Waals surface area contributed by atoms with E-state index in [-0.39, 0.29) is 17.7 Å². The van der Waals surface area contributed by atoms with Crippen molar-refractivity contribution in [1.82, 2.24) is 0 Å². The Bertz CT molecular complexity index is 752. The first-order valence-electron chi connectivity index (χ1n) is 8.11. The molecule has 1 atom stereocenters. The normalized spacial score (nSPS) is 11.6. The van der Waals surface area contributed by atoms with Gasteiger partial charge in [0.2, 0.25) is 17.3 Å². The quantitative estimate of drug-likeness (QED) is 0.398. The first-order valence-corrected chi connectivity index (χ1v) is 8.11. The molecule has 1 unspecified atom stereocenters. The van der Waals surface area contributed by atoms with E-state index in [4.69, 9.17) is 9.47 Å². The number of hydrogen-bond acceptors (Lipinski definition) is 5. The zero-order chi connectivity index (χ0) is 18.2. The maximum absolute atomic E-state index is 12.8. The van der Waals surface area contributed by atoms with Crippen LogP contribution in [0.25, 0.3) is 0 Å². The third-order valence-electron chi connectivity index (χ3n) is 3.52. The zero-order valence-corrected chi connectivity index (χ0v) is 14.2. The van der Waals surface area contributed by atoms with Crippen LogP contribution >= 0.6 is 0 Å². The minimum atomic E-state index is -1.49. The van der Waals surface area contributed by atoms with Crippen LogP contribution < -0.4 is 4.74 Å². The Morgan fingerprint density at radius 1 is 0.880 bits per heavy atom. The second-order valence-corrected chi connectivity index (χ2v) is 5.19. The standard InChI is InChI=1S/C20H20O5/c1-3-24-16-13-9-8-12-15(16)18(22)20(25-4-2)19(23)17(21)14-10-6-5-7-11-14/h5-13,20H,3-4H2,1-2H3. The molecule has 0 aliphatic carbocycles. The van der Waals surface area contributed by atoms with Gasteiger partial charge in [-0.15, -0.1) is 0 Å². The molecule has 0 aromatic heterocycles. The molecule has 25 heavy (non-hydrogen) atoms. The van der Waals surface area contributed by atoms with Crippen molar-refractivity contribution in [1.29, 1.82) is 0 Å². The van der Waals surface area contributed by atoms with Gasteiger partial charge in [-0.1, -0.05) is 42.5 Å². The Hall–Kier alpha value is -2.79. The van der Waals surface area contributed by atoms with Crippen molar-refractivity contribution in [2.45, 2.75) is 20.0 Å². The van der Waals surface area contributed by atoms with Crippen LogP contribution in [0.4, 0.5) is 0 Å². The van der Waals surface area contributed by atoms with Crippen molar-refractivity contribution in [2.75, 3.05) is 13.2 Å². The van der Waals surface area contributed by atoms with E-state index >= 15 is 0 Å². The number of carbonyl (C=O) groups excluding carboxylic acids is 3. The monoisotopic (exact) mass is 340 g/mol. The average Bonchev–Trinajstić information content (AvgIpc) is 2.66. The third kappa shape index (κ3) is 4.39. The van der Waals surface area contributed by atoms with Crippen molar-refractivity contribution < 1.29 is 23.9 Å². The number of rotatable bonds is 9. The Balaban J connectivity index is 2.32. The molecule has 0 radical (unpaired) electrons. The van der Waals surface area contributed by atoms with Crippen molar-refractivity contribution >= 4 is 17.3 Å². The highest BCUT2D eigenvalue weighted by molar-refractivity contribution is 6.49. The van der Waals surface area contributed by atoms with Gasteiger partial charge < -0.3 is 9.47 Å². The Kier molecular flexibility index (Phi) is 6.60. The van der Waals surface area contributed by atoms with E-state index in [0.717, 1.165) is 0 Å². The van der Waals surface area contributed by atoms with Gasteiger partial charge in [-0.2, -0.15) is 0 Å². The second-order valence-electron chi connectivity index (χ2n) is 5.19. The molecule has 0 aliphatic rings. The van der Waals surface area contributed by atoms with Gasteiger partial charge in [0.15, 0.2) is 6.10 Å². The Morgan fingerprint density at radius 2 is 1.52 bits per heavy atom. The van der Waals surface area contributed by atoms with Crippen LogP contribution in [0.3, 0.4) is 0 Å². The van der Waals surface area contributed by atoms with Crippen molar-refractivity contribution in [2.24, 2.45) is 0 Å². The summed E-state index contributed by atoms with van der Waals surface area (Å²) in [6, 6.07) is 14.7. The molecule has 5 nitrogen and oxygen atoms in total. The van der Waals surface area contributed by atoms with Gasteiger partial charge in [0.05, 0.1) is 12.2 Å². The fourth-order valence-electron chi connectivity index (χ4n) is 2.38. The largest absolute Gasteiger partial charge is 0.493 e. The molecule has 0 N–H and O–H groups in total. The van der Waals surface area contributed by atoms with Gasteiger partial charge in [-0.3, -0.25) is 14.4 Å². The Labute approximate surface area is 146 Å². The van der Waals surface area contributed by atoms with E-state index in [2.05, 4.69) is 0 Å². The summed E-state index contributed by atoms with van der Waals surface area (Å²) in [5.74, 6) is -1.86. The molecule has 0 saturated heterocycles. The van der Waals surface area contributed by atoms with E-state index in [1.165, 1.54) is 12.1 Å². The maximum atomic E-state index is 12.8. The number of benzene rings is 2. The van der Waals surface area contributed by atoms with E-state index in [1.54, 1.807) is 56.3 Å². The van der Waals surface area contributed by atoms with Gasteiger partial charge in [0.25, 0.3) is 0 Å². The summed E-state index contributed by atoms with van der Waals surface area (Å²) in [5, 5.41) is 0. The number of carbonyl (C=O) groups is 3. The van der Waals surface area contributed by atoms with Crippen molar-refractivity contribution in [3.05, 3.63) is 65.7 Å². The molecule has 2 aromatic carbocycles. The smallest absolute Gasteiger partial charge is 0.239 e. The number of para-hydroxylation sites is 1. The molecule has 0 heterocycles. The third-order valence-corrected chi connectivity index (χ3v) is 3.52. The van der Waals surface area contributed by atoms with Gasteiger partial charge in [-0.25, -0.2) is 0 Å². The van der Waals surface area contributed by atoms with Gasteiger partial charge in [-0.05, 0) is 26.0 Å². The molecule has 2 aromatic rings. The highest BCUT2D eigenvalue weighted by Crippen LogP contribution is 2.21. The molecule has 0 bridgehead atoms. The van der Waals surface area contributed by atoms with Gasteiger partial charge >= 0.3 is 0 Å². The molecule has 0 spiro atoms. The van der Waals surface area contributed by atoms with Crippen LogP contribution in [-0.2, 0) is 9.53 Å². The lowest BCUT2D eigenvalue weighted by Crippen LogP contribution is -2.38. The topological polar surface area (TPSA) is 69.7 Å². The number of hydrogen-bond donors (Lipinski definition) is 0. The highest BCUT2D eigenvalue weighted by Gasteiger charge is 2.34. The first-order chi connectivity index (χ1) is 12.1. The summed E-state index contributed by atoms with van der Waals surface area (Å²) in [4.78, 5) is 37.8. The predicted octanol–water partition coefficient (Wildman–Crippen LogP) is 3.13. The summed E-state index contributed by atoms with van der Waals surface area (Å²) in [5.41, 5.74) is 0.445. The zero-order valence-electron chi connectivity index (χ0n) is 14.2. The molecule has 5 heteroatoms. The van der Waals surface area contributed by atoms with E-state index in [9.17, 15) is 14.4 Å². The predicted molar refractivity (Wildman–Crippen MR) is 93.1 cm³/mol. The minimum Gasteiger partial charge on any atom is -0.493 e. The van der Waals surface area contributed by atoms with Gasteiger partial charge in [0, 0.05) is 12.2 Å². The molecule has 130 valence electrons. The lowest BCUT2D eigenvalue weighted by Gasteiger charge is -2.16. The van der Waals surface area contributed by atoms with Crippen LogP contribution in [0.5, 0.6) is 5.75 Å². The summed E-state index contributed by atoms with van der Waals surface area (Å²) in [6.45, 7) is 3.96. The average molecular weight is 340 g/mol. The molecule has 0 fully saturated rings. The molecular weight excluding hydrogens is 320 g/mol. The first kappa shape index (κ1) is 18.5. The van der Waals surface area contributed by atoms with Gasteiger partial charge in [0.1, 0.15) is 5.75 Å². The Morgan fingerprint density at radius 3 is 2.16 bits per heavy atom. The summed E-state index contributed by atoms with van der Waals surface area (Å²) < 4.78 is 10.8. The summed E-state index contributed by atoms with van der Waals surface area (Å²) in [6.07, 6.45) is -1.49. The fourth-order valence-corrected chi connectivity index (χ4v) is 2.38. The molecule has 0 aliphatic heterocycles. The number of Topliss-reactive ketones (excluding diaryl/α,β-unsaturated/α-hetero) is 3. The number of ketones is 3. The van der Waals surface area contributed by atoms with E-state index in [0.29, 0.717) is 12.4 Å². The van der Waals surface area contributed by atoms with Crippen molar-refractivity contribution in [3.8, 4) is 5.75 Å². The van der Waals surface area contributed by atoms with Crippen LogP contribution in [0.2, 0.25) is 0 Å². The van der Waals surface area contributed by atoms with Crippen LogP contribution in [0.1, 0.15) is 34.6 Å². The molecule has 0 amide bonds. The summed E-state index contributed by atoms with van der Waals surface area (Å²) >= 11 is 0. The lowest BCUT2D eigenvalue weighted by atomic mass is 9.97. The second kappa shape index (κ2) is 8.89. The maximum Gasteiger partial charge on any atom is 0.239 e. The van der Waals surface area contributed by atoms with Crippen LogP contribution in [-0.4, -0.2) is 36.7 Å². The number of ether oxygens (including phenoxy) is 2. The van der Waals surface area contributed by atoms with E-state index < -0.39 is 23.5 Å². The van der Waals surface area contributed by atoms with Crippen LogP contribution in [0, 0.1) is 0 Å². The van der Waals surface area contributed by atoms with E-state index in [1.807, 2.05) is 0 Å². The molecule has 0 saturated carbocycles. The lowest BCUT2D eigenvalue weighted by molar-refractivity contribution is -0.123. The summed E-state index contributed by atoms with van der Waals surface area (Å²) in [7, 11) is 0. The minimum absolute atomic E-state index is 0.126.